The summed E-state index contributed by atoms with van der Waals surface area (Å²) in [5.41, 5.74) is 1.15. The fourth-order valence-electron chi connectivity index (χ4n) is 1.37. The standard InChI is InChI=1S/C14H16N2OS/c1-2-9-18-10-7-16-12-13-4-3-5-14(11-13)17-8-6-15/h1,3-5,11,16H,7-10,12H2. The summed E-state index contributed by atoms with van der Waals surface area (Å²) in [5.74, 6) is 5.10. The topological polar surface area (TPSA) is 45.0 Å². The molecule has 0 saturated carbocycles. The van der Waals surface area contributed by atoms with Crippen LogP contribution < -0.4 is 10.1 Å². The van der Waals surface area contributed by atoms with Gasteiger partial charge < -0.3 is 10.1 Å². The largest absolute Gasteiger partial charge is 0.479 e. The van der Waals surface area contributed by atoms with Gasteiger partial charge in [0, 0.05) is 18.8 Å². The molecule has 0 radical (unpaired) electrons. The number of hydrogen-bond donors (Lipinski definition) is 1. The van der Waals surface area contributed by atoms with E-state index < -0.39 is 0 Å². The van der Waals surface area contributed by atoms with Crippen LogP contribution in [0.25, 0.3) is 0 Å². The molecule has 1 aromatic carbocycles. The Morgan fingerprint density at radius 2 is 2.33 bits per heavy atom. The van der Waals surface area contributed by atoms with Crippen LogP contribution in [0.4, 0.5) is 0 Å². The molecule has 0 fully saturated rings. The Labute approximate surface area is 113 Å². The lowest BCUT2D eigenvalue weighted by atomic mass is 10.2. The van der Waals surface area contributed by atoms with Crippen molar-refractivity contribution in [2.45, 2.75) is 6.54 Å². The van der Waals surface area contributed by atoms with Crippen molar-refractivity contribution in [3.8, 4) is 24.2 Å². The molecule has 1 rings (SSSR count). The van der Waals surface area contributed by atoms with Gasteiger partial charge in [0.2, 0.25) is 0 Å². The summed E-state index contributed by atoms with van der Waals surface area (Å²) >= 11 is 1.74. The van der Waals surface area contributed by atoms with Crippen molar-refractivity contribution in [1.29, 1.82) is 5.26 Å². The zero-order valence-electron chi connectivity index (χ0n) is 10.2. The number of ether oxygens (including phenoxy) is 1. The molecule has 0 bridgehead atoms. The fraction of sp³-hybridized carbons (Fsp3) is 0.357. The second-order valence-electron chi connectivity index (χ2n) is 3.53. The molecule has 1 N–H and O–H groups in total. The van der Waals surface area contributed by atoms with E-state index in [0.717, 1.165) is 35.9 Å². The number of terminal acetylenes is 1. The Bertz CT molecular complexity index is 434. The summed E-state index contributed by atoms with van der Waals surface area (Å²) < 4.78 is 5.24. The lowest BCUT2D eigenvalue weighted by Gasteiger charge is -2.06. The smallest absolute Gasteiger partial charge is 0.174 e. The third-order valence-electron chi connectivity index (χ3n) is 2.14. The first kappa shape index (κ1) is 14.4. The van der Waals surface area contributed by atoms with Gasteiger partial charge >= 0.3 is 0 Å². The summed E-state index contributed by atoms with van der Waals surface area (Å²) in [5, 5.41) is 11.8. The van der Waals surface area contributed by atoms with Crippen LogP contribution in [-0.4, -0.2) is 24.7 Å². The van der Waals surface area contributed by atoms with E-state index in [1.54, 1.807) is 11.8 Å². The van der Waals surface area contributed by atoms with E-state index in [0.29, 0.717) is 0 Å². The van der Waals surface area contributed by atoms with Gasteiger partial charge in [-0.2, -0.15) is 5.26 Å². The van der Waals surface area contributed by atoms with Crippen LogP contribution in [0.1, 0.15) is 5.56 Å². The van der Waals surface area contributed by atoms with E-state index in [1.807, 2.05) is 30.3 Å². The van der Waals surface area contributed by atoms with Gasteiger partial charge in [0.25, 0.3) is 0 Å². The van der Waals surface area contributed by atoms with Crippen LogP contribution in [0.5, 0.6) is 5.75 Å². The highest BCUT2D eigenvalue weighted by molar-refractivity contribution is 7.99. The maximum atomic E-state index is 8.44. The van der Waals surface area contributed by atoms with E-state index >= 15 is 0 Å². The van der Waals surface area contributed by atoms with Gasteiger partial charge in [-0.15, -0.1) is 18.2 Å². The molecule has 94 valence electrons. The molecule has 4 heteroatoms. The molecule has 0 saturated heterocycles. The first-order chi connectivity index (χ1) is 8.86. The SMILES string of the molecule is C#CCSCCNCc1cccc(OCC#N)c1. The molecule has 1 aromatic rings. The Balaban J connectivity index is 2.25. The number of rotatable bonds is 8. The number of nitrogens with one attached hydrogen (secondary N) is 1. The second kappa shape index (κ2) is 9.41. The predicted molar refractivity (Wildman–Crippen MR) is 75.4 cm³/mol. The Hall–Kier alpha value is -1.62. The molecule has 0 atom stereocenters. The second-order valence-corrected chi connectivity index (χ2v) is 4.63. The lowest BCUT2D eigenvalue weighted by molar-refractivity contribution is 0.367. The average molecular weight is 260 g/mol. The molecule has 3 nitrogen and oxygen atoms in total. The maximum Gasteiger partial charge on any atom is 0.174 e. The summed E-state index contributed by atoms with van der Waals surface area (Å²) in [6, 6.07) is 9.70. The van der Waals surface area contributed by atoms with Crippen LogP contribution in [-0.2, 0) is 6.54 Å². The lowest BCUT2D eigenvalue weighted by Crippen LogP contribution is -2.16. The quantitative estimate of drug-likeness (QED) is 0.574. The van der Waals surface area contributed by atoms with Gasteiger partial charge in [0.1, 0.15) is 11.8 Å². The predicted octanol–water partition coefficient (Wildman–Crippen LogP) is 2.04. The molecule has 18 heavy (non-hydrogen) atoms. The van der Waals surface area contributed by atoms with Gasteiger partial charge in [0.15, 0.2) is 6.61 Å². The monoisotopic (exact) mass is 260 g/mol. The highest BCUT2D eigenvalue weighted by atomic mass is 32.2. The molecule has 0 aromatic heterocycles. The van der Waals surface area contributed by atoms with Crippen molar-refractivity contribution in [3.05, 3.63) is 29.8 Å². The summed E-state index contributed by atoms with van der Waals surface area (Å²) in [7, 11) is 0. The van der Waals surface area contributed by atoms with Crippen molar-refractivity contribution in [2.75, 3.05) is 24.7 Å². The summed E-state index contributed by atoms with van der Waals surface area (Å²) in [4.78, 5) is 0. The van der Waals surface area contributed by atoms with E-state index in [9.17, 15) is 0 Å². The van der Waals surface area contributed by atoms with Crippen LogP contribution in [0, 0.1) is 23.7 Å². The first-order valence-corrected chi connectivity index (χ1v) is 6.83. The average Bonchev–Trinajstić information content (AvgIpc) is 2.41. The minimum Gasteiger partial charge on any atom is -0.479 e. The molecule has 0 heterocycles. The molecule has 0 aliphatic heterocycles. The third-order valence-corrected chi connectivity index (χ3v) is 3.00. The summed E-state index contributed by atoms with van der Waals surface area (Å²) in [6.07, 6.45) is 5.16. The van der Waals surface area contributed by atoms with E-state index in [2.05, 4.69) is 11.2 Å². The van der Waals surface area contributed by atoms with Gasteiger partial charge in [-0.05, 0) is 17.7 Å². The fourth-order valence-corrected chi connectivity index (χ4v) is 1.92. The molecule has 0 aliphatic rings. The third kappa shape index (κ3) is 6.20. The van der Waals surface area contributed by atoms with Crippen LogP contribution in [0.2, 0.25) is 0 Å². The van der Waals surface area contributed by atoms with Gasteiger partial charge in [-0.25, -0.2) is 0 Å². The summed E-state index contributed by atoms with van der Waals surface area (Å²) in [6.45, 7) is 1.80. The highest BCUT2D eigenvalue weighted by Crippen LogP contribution is 2.12. The van der Waals surface area contributed by atoms with Crippen LogP contribution >= 0.6 is 11.8 Å². The highest BCUT2D eigenvalue weighted by Gasteiger charge is 1.96. The molecule has 0 unspecified atom stereocenters. The van der Waals surface area contributed by atoms with Crippen LogP contribution in [0.3, 0.4) is 0 Å². The minimum absolute atomic E-state index is 0.0829. The van der Waals surface area contributed by atoms with E-state index in [-0.39, 0.29) is 6.61 Å². The Morgan fingerprint density at radius 3 is 3.11 bits per heavy atom. The van der Waals surface area contributed by atoms with E-state index in [1.165, 1.54) is 0 Å². The number of nitriles is 1. The van der Waals surface area contributed by atoms with Crippen molar-refractivity contribution in [3.63, 3.8) is 0 Å². The number of nitrogens with zero attached hydrogens (tertiary/aromatic N) is 1. The first-order valence-electron chi connectivity index (χ1n) is 5.67. The minimum atomic E-state index is 0.0829. The number of thioether (sulfide) groups is 1. The van der Waals surface area contributed by atoms with E-state index in [4.69, 9.17) is 16.4 Å². The number of benzene rings is 1. The zero-order chi connectivity index (χ0) is 13.1. The van der Waals surface area contributed by atoms with Gasteiger partial charge in [0.05, 0.1) is 5.75 Å². The molecule has 0 amide bonds. The Morgan fingerprint density at radius 1 is 1.44 bits per heavy atom. The van der Waals surface area contributed by atoms with Crippen molar-refractivity contribution in [1.82, 2.24) is 5.32 Å². The van der Waals surface area contributed by atoms with Crippen molar-refractivity contribution >= 4 is 11.8 Å². The van der Waals surface area contributed by atoms with Crippen molar-refractivity contribution in [2.24, 2.45) is 0 Å². The van der Waals surface area contributed by atoms with Crippen LogP contribution in [0.15, 0.2) is 24.3 Å². The zero-order valence-corrected chi connectivity index (χ0v) is 11.0. The molecule has 0 aliphatic carbocycles. The van der Waals surface area contributed by atoms with Gasteiger partial charge in [-0.1, -0.05) is 18.1 Å². The van der Waals surface area contributed by atoms with Gasteiger partial charge in [-0.3, -0.25) is 0 Å². The molecule has 0 spiro atoms. The Kier molecular flexibility index (Phi) is 7.55. The van der Waals surface area contributed by atoms with Crippen molar-refractivity contribution < 1.29 is 4.74 Å². The molecular formula is C14H16N2OS. The molecular weight excluding hydrogens is 244 g/mol. The normalized spacial score (nSPS) is 9.44. The maximum absolute atomic E-state index is 8.44. The number of hydrogen-bond acceptors (Lipinski definition) is 4.